The van der Waals surface area contributed by atoms with Crippen LogP contribution in [-0.4, -0.2) is 24.8 Å². The van der Waals surface area contributed by atoms with Gasteiger partial charge in [0.15, 0.2) is 0 Å². The smallest absolute Gasteiger partial charge is 0.235 e. The Labute approximate surface area is 72.8 Å². The van der Waals surface area contributed by atoms with Gasteiger partial charge < -0.3 is 4.74 Å². The maximum absolute atomic E-state index is 10.0. The Morgan fingerprint density at radius 2 is 2.33 bits per heavy atom. The molecule has 0 aliphatic heterocycles. The summed E-state index contributed by atoms with van der Waals surface area (Å²) in [7, 11) is 0. The first-order chi connectivity index (χ1) is 5.62. The molecular weight excluding hydrogens is 154 g/mol. The fraction of sp³-hybridized carbons (Fsp3) is 0.889. The molecule has 3 heteroatoms. The Balaban J connectivity index is 2.53. The molecule has 1 aliphatic carbocycles. The van der Waals surface area contributed by atoms with Gasteiger partial charge >= 0.3 is 0 Å². The predicted octanol–water partition coefficient (Wildman–Crippen LogP) is 1.53. The molecule has 0 aromatic carbocycles. The second-order valence-electron chi connectivity index (χ2n) is 3.74. The van der Waals surface area contributed by atoms with Crippen molar-refractivity contribution >= 4 is 6.08 Å². The Bertz CT molecular complexity index is 207. The second-order valence-corrected chi connectivity index (χ2v) is 3.74. The minimum atomic E-state index is 0.00736. The first-order valence-corrected chi connectivity index (χ1v) is 4.31. The van der Waals surface area contributed by atoms with Crippen molar-refractivity contribution in [3.8, 4) is 0 Å². The molecule has 0 heterocycles. The normalized spacial score (nSPS) is 31.9. The Kier molecular flexibility index (Phi) is 2.65. The van der Waals surface area contributed by atoms with Crippen LogP contribution in [0.15, 0.2) is 4.99 Å². The number of hydrogen-bond donors (Lipinski definition) is 0. The highest BCUT2D eigenvalue weighted by Gasteiger charge is 2.49. The van der Waals surface area contributed by atoms with Crippen LogP contribution in [0, 0.1) is 5.41 Å². The van der Waals surface area contributed by atoms with Crippen LogP contribution in [0.1, 0.15) is 27.2 Å². The van der Waals surface area contributed by atoms with E-state index in [1.165, 1.54) is 0 Å². The van der Waals surface area contributed by atoms with Crippen LogP contribution in [0.4, 0.5) is 0 Å². The van der Waals surface area contributed by atoms with Gasteiger partial charge in [0.25, 0.3) is 0 Å². The number of rotatable bonds is 3. The average molecular weight is 169 g/mol. The molecule has 12 heavy (non-hydrogen) atoms. The zero-order valence-electron chi connectivity index (χ0n) is 7.83. The van der Waals surface area contributed by atoms with Crippen LogP contribution in [0.2, 0.25) is 0 Å². The van der Waals surface area contributed by atoms with Gasteiger partial charge in [0.1, 0.15) is 0 Å². The Hall–Kier alpha value is -0.660. The lowest BCUT2D eigenvalue weighted by Gasteiger charge is -2.48. The number of ether oxygens (including phenoxy) is 1. The molecule has 1 saturated carbocycles. The lowest BCUT2D eigenvalue weighted by atomic mass is 9.65. The second kappa shape index (κ2) is 3.38. The number of aliphatic imine (C=N–C) groups is 1. The predicted molar refractivity (Wildman–Crippen MR) is 45.7 cm³/mol. The van der Waals surface area contributed by atoms with Gasteiger partial charge in [-0.15, -0.1) is 0 Å². The number of carbonyl (C=O) groups excluding carboxylic acids is 1. The van der Waals surface area contributed by atoms with Crippen LogP contribution in [-0.2, 0) is 9.53 Å². The topological polar surface area (TPSA) is 38.7 Å². The van der Waals surface area contributed by atoms with Crippen molar-refractivity contribution in [1.29, 1.82) is 0 Å². The summed E-state index contributed by atoms with van der Waals surface area (Å²) in [5.41, 5.74) is 0.00736. The number of isocyanates is 1. The number of nitrogens with zero attached hydrogens (tertiary/aromatic N) is 1. The van der Waals surface area contributed by atoms with E-state index < -0.39 is 0 Å². The van der Waals surface area contributed by atoms with Crippen molar-refractivity contribution in [3.63, 3.8) is 0 Å². The van der Waals surface area contributed by atoms with Crippen LogP contribution in [0.3, 0.4) is 0 Å². The quantitative estimate of drug-likeness (QED) is 0.474. The minimum Gasteiger partial charge on any atom is -0.378 e. The molecule has 1 aliphatic rings. The van der Waals surface area contributed by atoms with Crippen molar-refractivity contribution in [2.24, 2.45) is 10.4 Å². The SMILES string of the molecule is CCOC1CC(N=C=O)C1(C)C. The summed E-state index contributed by atoms with van der Waals surface area (Å²) >= 11 is 0. The zero-order valence-corrected chi connectivity index (χ0v) is 7.83. The summed E-state index contributed by atoms with van der Waals surface area (Å²) in [5.74, 6) is 0. The molecule has 1 rings (SSSR count). The zero-order chi connectivity index (χ0) is 9.19. The molecule has 0 spiro atoms. The summed E-state index contributed by atoms with van der Waals surface area (Å²) in [4.78, 5) is 13.8. The van der Waals surface area contributed by atoms with E-state index in [9.17, 15) is 4.79 Å². The van der Waals surface area contributed by atoms with Gasteiger partial charge in [-0.2, -0.15) is 0 Å². The highest BCUT2D eigenvalue weighted by Crippen LogP contribution is 2.44. The molecule has 0 bridgehead atoms. The Morgan fingerprint density at radius 3 is 2.75 bits per heavy atom. The lowest BCUT2D eigenvalue weighted by molar-refractivity contribution is -0.103. The summed E-state index contributed by atoms with van der Waals surface area (Å²) < 4.78 is 5.48. The van der Waals surface area contributed by atoms with E-state index in [2.05, 4.69) is 18.8 Å². The van der Waals surface area contributed by atoms with Crippen molar-refractivity contribution in [2.75, 3.05) is 6.61 Å². The molecular formula is C9H15NO2. The van der Waals surface area contributed by atoms with E-state index in [1.807, 2.05) is 6.92 Å². The van der Waals surface area contributed by atoms with Gasteiger partial charge in [-0.25, -0.2) is 9.79 Å². The third-order valence-electron chi connectivity index (χ3n) is 2.70. The van der Waals surface area contributed by atoms with Crippen LogP contribution in [0.25, 0.3) is 0 Å². The number of hydrogen-bond acceptors (Lipinski definition) is 3. The fourth-order valence-corrected chi connectivity index (χ4v) is 1.63. The molecule has 0 radical (unpaired) electrons. The first kappa shape index (κ1) is 9.43. The van der Waals surface area contributed by atoms with Crippen molar-refractivity contribution in [3.05, 3.63) is 0 Å². The van der Waals surface area contributed by atoms with Crippen LogP contribution in [0.5, 0.6) is 0 Å². The molecule has 1 fully saturated rings. The fourth-order valence-electron chi connectivity index (χ4n) is 1.63. The molecule has 0 saturated heterocycles. The van der Waals surface area contributed by atoms with Gasteiger partial charge in [-0.1, -0.05) is 13.8 Å². The van der Waals surface area contributed by atoms with Gasteiger partial charge in [0.05, 0.1) is 12.1 Å². The van der Waals surface area contributed by atoms with Crippen LogP contribution >= 0.6 is 0 Å². The third kappa shape index (κ3) is 1.43. The van der Waals surface area contributed by atoms with E-state index in [1.54, 1.807) is 6.08 Å². The van der Waals surface area contributed by atoms with Crippen molar-refractivity contribution < 1.29 is 9.53 Å². The molecule has 2 unspecified atom stereocenters. The van der Waals surface area contributed by atoms with Gasteiger partial charge in [0.2, 0.25) is 6.08 Å². The van der Waals surface area contributed by atoms with Gasteiger partial charge in [-0.3, -0.25) is 0 Å². The van der Waals surface area contributed by atoms with E-state index in [4.69, 9.17) is 4.74 Å². The molecule has 0 aromatic rings. The summed E-state index contributed by atoms with van der Waals surface area (Å²) in [6.45, 7) is 6.85. The van der Waals surface area contributed by atoms with E-state index >= 15 is 0 Å². The molecule has 0 amide bonds. The van der Waals surface area contributed by atoms with E-state index in [0.29, 0.717) is 0 Å². The van der Waals surface area contributed by atoms with Gasteiger partial charge in [-0.05, 0) is 13.3 Å². The maximum Gasteiger partial charge on any atom is 0.235 e. The van der Waals surface area contributed by atoms with E-state index in [-0.39, 0.29) is 17.6 Å². The van der Waals surface area contributed by atoms with E-state index in [0.717, 1.165) is 13.0 Å². The lowest BCUT2D eigenvalue weighted by Crippen LogP contribution is -2.53. The molecule has 0 N–H and O–H groups in total. The summed E-state index contributed by atoms with van der Waals surface area (Å²) in [5, 5.41) is 0. The van der Waals surface area contributed by atoms with Gasteiger partial charge in [0, 0.05) is 12.0 Å². The third-order valence-corrected chi connectivity index (χ3v) is 2.70. The molecule has 2 atom stereocenters. The maximum atomic E-state index is 10.0. The molecule has 0 aromatic heterocycles. The summed E-state index contributed by atoms with van der Waals surface area (Å²) in [6, 6.07) is 0.103. The highest BCUT2D eigenvalue weighted by atomic mass is 16.5. The first-order valence-electron chi connectivity index (χ1n) is 4.31. The largest absolute Gasteiger partial charge is 0.378 e. The monoisotopic (exact) mass is 169 g/mol. The average Bonchev–Trinajstić information content (AvgIpc) is 2.03. The standard InChI is InChI=1S/C9H15NO2/c1-4-12-8-5-7(10-6-11)9(8,2)3/h7-8H,4-5H2,1-3H3. The highest BCUT2D eigenvalue weighted by molar-refractivity contribution is 5.34. The summed E-state index contributed by atoms with van der Waals surface area (Å²) in [6.07, 6.45) is 2.72. The Morgan fingerprint density at radius 1 is 1.67 bits per heavy atom. The van der Waals surface area contributed by atoms with Crippen molar-refractivity contribution in [2.45, 2.75) is 39.3 Å². The van der Waals surface area contributed by atoms with Crippen LogP contribution < -0.4 is 0 Å². The molecule has 3 nitrogen and oxygen atoms in total. The molecule has 68 valence electrons. The van der Waals surface area contributed by atoms with Crippen molar-refractivity contribution in [1.82, 2.24) is 0 Å². The minimum absolute atomic E-state index is 0.00736.